The molecule has 0 aromatic rings. The number of nitrogens with one attached hydrogen (secondary N) is 2. The Bertz CT molecular complexity index is 296. The van der Waals surface area contributed by atoms with E-state index in [4.69, 9.17) is 0 Å². The zero-order valence-electron chi connectivity index (χ0n) is 10.6. The third-order valence-electron chi connectivity index (χ3n) is 3.34. The first-order valence-electron chi connectivity index (χ1n) is 5.90. The minimum atomic E-state index is -0.507. The number of carbonyl (C=O) groups excluding carboxylic acids is 2. The number of piperidine rings is 1. The van der Waals surface area contributed by atoms with E-state index in [0.717, 1.165) is 13.0 Å². The number of aliphatic hydroxyl groups is 1. The SMILES string of the molecule is CNC(=O)NC(=O)C(C)N1CCC(C)C(O)C1. The molecule has 6 heteroatoms. The van der Waals surface area contributed by atoms with Gasteiger partial charge in [0.15, 0.2) is 0 Å². The van der Waals surface area contributed by atoms with E-state index in [0.29, 0.717) is 6.54 Å². The molecule has 1 heterocycles. The van der Waals surface area contributed by atoms with Crippen molar-refractivity contribution < 1.29 is 14.7 Å². The zero-order chi connectivity index (χ0) is 13.0. The van der Waals surface area contributed by atoms with Gasteiger partial charge in [-0.25, -0.2) is 4.79 Å². The normalized spacial score (nSPS) is 27.3. The monoisotopic (exact) mass is 243 g/mol. The van der Waals surface area contributed by atoms with Gasteiger partial charge in [0.05, 0.1) is 12.1 Å². The third-order valence-corrected chi connectivity index (χ3v) is 3.34. The molecule has 0 spiro atoms. The molecule has 0 aromatic heterocycles. The van der Waals surface area contributed by atoms with Crippen molar-refractivity contribution in [1.82, 2.24) is 15.5 Å². The van der Waals surface area contributed by atoms with E-state index in [1.165, 1.54) is 7.05 Å². The van der Waals surface area contributed by atoms with Crippen molar-refractivity contribution in [1.29, 1.82) is 0 Å². The summed E-state index contributed by atoms with van der Waals surface area (Å²) in [5.41, 5.74) is 0. The van der Waals surface area contributed by atoms with E-state index in [2.05, 4.69) is 10.6 Å². The summed E-state index contributed by atoms with van der Waals surface area (Å²) < 4.78 is 0. The Morgan fingerprint density at radius 2 is 2.12 bits per heavy atom. The number of nitrogens with zero attached hydrogens (tertiary/aromatic N) is 1. The van der Waals surface area contributed by atoms with Gasteiger partial charge in [-0.2, -0.15) is 0 Å². The van der Waals surface area contributed by atoms with Gasteiger partial charge in [-0.1, -0.05) is 6.92 Å². The van der Waals surface area contributed by atoms with Crippen molar-refractivity contribution in [3.8, 4) is 0 Å². The first-order chi connectivity index (χ1) is 7.95. The van der Waals surface area contributed by atoms with Gasteiger partial charge in [-0.05, 0) is 25.8 Å². The van der Waals surface area contributed by atoms with Crippen LogP contribution in [0.2, 0.25) is 0 Å². The molecule has 98 valence electrons. The molecule has 0 radical (unpaired) electrons. The van der Waals surface area contributed by atoms with Crippen LogP contribution in [0.3, 0.4) is 0 Å². The highest BCUT2D eigenvalue weighted by Gasteiger charge is 2.30. The predicted octanol–water partition coefficient (Wildman–Crippen LogP) is -0.467. The van der Waals surface area contributed by atoms with Crippen LogP contribution in [0.1, 0.15) is 20.3 Å². The Morgan fingerprint density at radius 3 is 2.65 bits per heavy atom. The topological polar surface area (TPSA) is 81.7 Å². The van der Waals surface area contributed by atoms with Gasteiger partial charge in [0.25, 0.3) is 0 Å². The summed E-state index contributed by atoms with van der Waals surface area (Å²) in [5.74, 6) is -0.0773. The fourth-order valence-electron chi connectivity index (χ4n) is 1.87. The zero-order valence-corrected chi connectivity index (χ0v) is 10.6. The van der Waals surface area contributed by atoms with Crippen molar-refractivity contribution in [2.45, 2.75) is 32.4 Å². The average Bonchev–Trinajstić information content (AvgIpc) is 2.31. The van der Waals surface area contributed by atoms with Gasteiger partial charge in [-0.3, -0.25) is 15.0 Å². The van der Waals surface area contributed by atoms with E-state index < -0.39 is 18.2 Å². The van der Waals surface area contributed by atoms with Crippen LogP contribution in [-0.4, -0.2) is 54.2 Å². The Balaban J connectivity index is 2.49. The number of β-amino-alcohol motifs (C(OH)–C–C–N with tert-alkyl or cyclic N) is 1. The third kappa shape index (κ3) is 3.67. The molecule has 3 N–H and O–H groups in total. The quantitative estimate of drug-likeness (QED) is 0.612. The number of rotatable bonds is 2. The van der Waals surface area contributed by atoms with E-state index in [1.54, 1.807) is 6.92 Å². The van der Waals surface area contributed by atoms with Gasteiger partial charge >= 0.3 is 6.03 Å². The predicted molar refractivity (Wildman–Crippen MR) is 63.4 cm³/mol. The van der Waals surface area contributed by atoms with E-state index in [1.807, 2.05) is 11.8 Å². The van der Waals surface area contributed by atoms with Gasteiger partial charge in [0.2, 0.25) is 5.91 Å². The molecular weight excluding hydrogens is 222 g/mol. The number of likely N-dealkylation sites (tertiary alicyclic amines) is 1. The maximum atomic E-state index is 11.7. The van der Waals surface area contributed by atoms with Crippen LogP contribution in [-0.2, 0) is 4.79 Å². The number of hydrogen-bond acceptors (Lipinski definition) is 4. The second-order valence-corrected chi connectivity index (χ2v) is 4.57. The van der Waals surface area contributed by atoms with Crippen LogP contribution in [0.25, 0.3) is 0 Å². The minimum Gasteiger partial charge on any atom is -0.392 e. The Morgan fingerprint density at radius 1 is 1.47 bits per heavy atom. The van der Waals surface area contributed by atoms with Crippen molar-refractivity contribution in [2.75, 3.05) is 20.1 Å². The van der Waals surface area contributed by atoms with E-state index in [-0.39, 0.29) is 11.8 Å². The lowest BCUT2D eigenvalue weighted by Crippen LogP contribution is -2.53. The lowest BCUT2D eigenvalue weighted by molar-refractivity contribution is -0.126. The maximum absolute atomic E-state index is 11.7. The molecule has 1 saturated heterocycles. The molecule has 1 fully saturated rings. The summed E-state index contributed by atoms with van der Waals surface area (Å²) in [6, 6.07) is -0.915. The summed E-state index contributed by atoms with van der Waals surface area (Å²) in [7, 11) is 1.46. The highest BCUT2D eigenvalue weighted by molar-refractivity contribution is 5.96. The average molecular weight is 243 g/mol. The number of imide groups is 1. The van der Waals surface area contributed by atoms with Crippen LogP contribution in [0, 0.1) is 5.92 Å². The number of aliphatic hydroxyl groups excluding tert-OH is 1. The number of carbonyl (C=O) groups is 2. The standard InChI is InChI=1S/C11H21N3O3/c1-7-4-5-14(6-9(7)15)8(2)10(16)13-11(17)12-3/h7-9,15H,4-6H2,1-3H3,(H2,12,13,16,17). The minimum absolute atomic E-state index is 0.264. The molecule has 3 amide bonds. The fourth-order valence-corrected chi connectivity index (χ4v) is 1.87. The summed E-state index contributed by atoms with van der Waals surface area (Å²) in [6.45, 7) is 4.97. The lowest BCUT2D eigenvalue weighted by atomic mass is 9.95. The molecule has 0 aromatic carbocycles. The summed E-state index contributed by atoms with van der Waals surface area (Å²) in [6.07, 6.45) is 0.456. The Kier molecular flexibility index (Phi) is 4.89. The molecule has 0 bridgehead atoms. The van der Waals surface area contributed by atoms with Crippen molar-refractivity contribution >= 4 is 11.9 Å². The second kappa shape index (κ2) is 5.97. The van der Waals surface area contributed by atoms with E-state index >= 15 is 0 Å². The number of hydrogen-bond donors (Lipinski definition) is 3. The Labute approximate surface area is 101 Å². The van der Waals surface area contributed by atoms with Gasteiger partial charge in [0.1, 0.15) is 0 Å². The highest BCUT2D eigenvalue weighted by Crippen LogP contribution is 2.18. The van der Waals surface area contributed by atoms with Crippen molar-refractivity contribution in [3.05, 3.63) is 0 Å². The summed E-state index contributed by atoms with van der Waals surface area (Å²) in [4.78, 5) is 24.6. The maximum Gasteiger partial charge on any atom is 0.321 e. The first kappa shape index (κ1) is 13.9. The summed E-state index contributed by atoms with van der Waals surface area (Å²) in [5, 5.41) is 14.3. The van der Waals surface area contributed by atoms with Crippen LogP contribution < -0.4 is 10.6 Å². The molecule has 1 rings (SSSR count). The lowest BCUT2D eigenvalue weighted by Gasteiger charge is -2.37. The smallest absolute Gasteiger partial charge is 0.321 e. The van der Waals surface area contributed by atoms with Crippen molar-refractivity contribution in [2.24, 2.45) is 5.92 Å². The molecule has 0 aliphatic carbocycles. The largest absolute Gasteiger partial charge is 0.392 e. The summed E-state index contributed by atoms with van der Waals surface area (Å²) >= 11 is 0. The molecular formula is C11H21N3O3. The highest BCUT2D eigenvalue weighted by atomic mass is 16.3. The second-order valence-electron chi connectivity index (χ2n) is 4.57. The van der Waals surface area contributed by atoms with Crippen molar-refractivity contribution in [3.63, 3.8) is 0 Å². The van der Waals surface area contributed by atoms with Gasteiger partial charge in [-0.15, -0.1) is 0 Å². The molecule has 0 saturated carbocycles. The molecule has 3 unspecified atom stereocenters. The molecule has 6 nitrogen and oxygen atoms in total. The van der Waals surface area contributed by atoms with Crippen LogP contribution in [0.4, 0.5) is 4.79 Å². The molecule has 3 atom stereocenters. The number of amides is 3. The van der Waals surface area contributed by atoms with Crippen LogP contribution in [0.15, 0.2) is 0 Å². The van der Waals surface area contributed by atoms with E-state index in [9.17, 15) is 14.7 Å². The van der Waals surface area contributed by atoms with Gasteiger partial charge < -0.3 is 10.4 Å². The van der Waals surface area contributed by atoms with Gasteiger partial charge in [0, 0.05) is 13.6 Å². The first-order valence-corrected chi connectivity index (χ1v) is 5.90. The fraction of sp³-hybridized carbons (Fsp3) is 0.818. The molecule has 1 aliphatic heterocycles. The van der Waals surface area contributed by atoms with Crippen LogP contribution >= 0.6 is 0 Å². The number of urea groups is 1. The Hall–Kier alpha value is -1.14. The molecule has 17 heavy (non-hydrogen) atoms. The molecule has 1 aliphatic rings. The van der Waals surface area contributed by atoms with Crippen LogP contribution in [0.5, 0.6) is 0 Å².